The van der Waals surface area contributed by atoms with E-state index in [1.54, 1.807) is 55.6 Å². The first-order valence-corrected chi connectivity index (χ1v) is 11.0. The highest BCUT2D eigenvalue weighted by Crippen LogP contribution is 2.28. The Balaban J connectivity index is 1.93. The Morgan fingerprint density at radius 2 is 1.86 bits per heavy atom. The number of nitrogens with zero attached hydrogens (tertiary/aromatic N) is 1. The number of halogens is 1. The number of aryl methyl sites for hydroxylation is 1. The molecule has 5 nitrogen and oxygen atoms in total. The van der Waals surface area contributed by atoms with Crippen molar-refractivity contribution in [3.63, 3.8) is 0 Å². The summed E-state index contributed by atoms with van der Waals surface area (Å²) in [6.45, 7) is 3.50. The Kier molecular flexibility index (Phi) is 5.76. The van der Waals surface area contributed by atoms with E-state index < -0.39 is 15.3 Å². The fraction of sp³-hybridized carbons (Fsp3) is 0.190. The normalized spacial score (nSPS) is 12.6. The monoisotopic (exact) mass is 460 g/mol. The third kappa shape index (κ3) is 3.91. The number of rotatable bonds is 6. The maximum Gasteiger partial charge on any atom is 0.242 e. The Labute approximate surface area is 173 Å². The standard InChI is InChI=1S/C21H21BrN2O3S/c1-14-12-18(22)9-10-19(14)21(25)17-7-4-6-16(13-17)15(2)28(26,27)24(3)20-8-5-11-23-20/h4-13,15,23H,1-3H3. The van der Waals surface area contributed by atoms with E-state index in [9.17, 15) is 13.2 Å². The minimum absolute atomic E-state index is 0.130. The number of hydrogen-bond acceptors (Lipinski definition) is 3. The molecule has 146 valence electrons. The number of carbonyl (C=O) groups excluding carboxylic acids is 1. The third-order valence-electron chi connectivity index (χ3n) is 4.80. The molecule has 0 aliphatic heterocycles. The van der Waals surface area contributed by atoms with Gasteiger partial charge in [0.05, 0.1) is 0 Å². The molecule has 0 aliphatic carbocycles. The number of sulfonamides is 1. The summed E-state index contributed by atoms with van der Waals surface area (Å²) >= 11 is 3.40. The van der Waals surface area contributed by atoms with E-state index in [-0.39, 0.29) is 5.78 Å². The van der Waals surface area contributed by atoms with Gasteiger partial charge in [0.2, 0.25) is 10.0 Å². The molecule has 0 saturated heterocycles. The molecule has 1 heterocycles. The maximum absolute atomic E-state index is 13.0. The number of H-pyrrole nitrogens is 1. The summed E-state index contributed by atoms with van der Waals surface area (Å²) < 4.78 is 28.1. The van der Waals surface area contributed by atoms with Crippen molar-refractivity contribution in [1.29, 1.82) is 0 Å². The number of hydrogen-bond donors (Lipinski definition) is 1. The zero-order chi connectivity index (χ0) is 20.5. The van der Waals surface area contributed by atoms with Gasteiger partial charge in [-0.25, -0.2) is 8.42 Å². The van der Waals surface area contributed by atoms with Crippen molar-refractivity contribution in [3.8, 4) is 0 Å². The summed E-state index contributed by atoms with van der Waals surface area (Å²) in [5.41, 5.74) is 2.49. The molecule has 0 radical (unpaired) electrons. The van der Waals surface area contributed by atoms with Gasteiger partial charge in [0.15, 0.2) is 5.78 Å². The lowest BCUT2D eigenvalue weighted by molar-refractivity contribution is 0.103. The van der Waals surface area contributed by atoms with Gasteiger partial charge < -0.3 is 4.98 Å². The van der Waals surface area contributed by atoms with Crippen LogP contribution in [-0.4, -0.2) is 26.2 Å². The Hall–Kier alpha value is -2.38. The predicted octanol–water partition coefficient (Wildman–Crippen LogP) is 4.84. The van der Waals surface area contributed by atoms with Crippen molar-refractivity contribution in [1.82, 2.24) is 4.98 Å². The largest absolute Gasteiger partial charge is 0.348 e. The van der Waals surface area contributed by atoms with Crippen molar-refractivity contribution in [2.45, 2.75) is 19.1 Å². The average Bonchev–Trinajstić information content (AvgIpc) is 3.21. The van der Waals surface area contributed by atoms with Crippen molar-refractivity contribution in [2.24, 2.45) is 0 Å². The SMILES string of the molecule is Cc1cc(Br)ccc1C(=O)c1cccc(C(C)S(=O)(=O)N(C)c2ccc[nH]2)c1. The van der Waals surface area contributed by atoms with Crippen LogP contribution in [0.2, 0.25) is 0 Å². The van der Waals surface area contributed by atoms with Crippen LogP contribution < -0.4 is 4.31 Å². The van der Waals surface area contributed by atoms with Crippen LogP contribution in [-0.2, 0) is 10.0 Å². The van der Waals surface area contributed by atoms with Crippen LogP contribution in [0.1, 0.15) is 39.2 Å². The number of carbonyl (C=O) groups is 1. The summed E-state index contributed by atoms with van der Waals surface area (Å²) in [6.07, 6.45) is 1.67. The van der Waals surface area contributed by atoms with Crippen LogP contribution in [0.4, 0.5) is 5.82 Å². The summed E-state index contributed by atoms with van der Waals surface area (Å²) in [6, 6.07) is 15.7. The minimum atomic E-state index is -3.65. The molecule has 2 aromatic carbocycles. The first-order chi connectivity index (χ1) is 13.2. The van der Waals surface area contributed by atoms with Crippen molar-refractivity contribution >= 4 is 37.6 Å². The van der Waals surface area contributed by atoms with Crippen molar-refractivity contribution in [2.75, 3.05) is 11.4 Å². The summed E-state index contributed by atoms with van der Waals surface area (Å²) in [4.78, 5) is 15.8. The van der Waals surface area contributed by atoms with Crippen molar-refractivity contribution in [3.05, 3.63) is 87.5 Å². The quantitative estimate of drug-likeness (QED) is 0.534. The second-order valence-corrected chi connectivity index (χ2v) is 9.82. The molecule has 28 heavy (non-hydrogen) atoms. The number of aromatic amines is 1. The molecule has 0 fully saturated rings. The number of benzene rings is 2. The van der Waals surface area contributed by atoms with E-state index in [0.717, 1.165) is 10.0 Å². The number of aromatic nitrogens is 1. The molecule has 3 rings (SSSR count). The van der Waals surface area contributed by atoms with Crippen LogP contribution in [0.15, 0.2) is 65.3 Å². The minimum Gasteiger partial charge on any atom is -0.348 e. The highest BCUT2D eigenvalue weighted by molar-refractivity contribution is 9.10. The topological polar surface area (TPSA) is 70.2 Å². The zero-order valence-corrected chi connectivity index (χ0v) is 18.2. The number of nitrogens with one attached hydrogen (secondary N) is 1. The first kappa shape index (κ1) is 20.4. The van der Waals surface area contributed by atoms with Gasteiger partial charge in [0.25, 0.3) is 0 Å². The smallest absolute Gasteiger partial charge is 0.242 e. The Bertz CT molecular complexity index is 1110. The van der Waals surface area contributed by atoms with Crippen LogP contribution in [0, 0.1) is 6.92 Å². The van der Waals surface area contributed by atoms with Gasteiger partial charge in [0, 0.05) is 28.8 Å². The van der Waals surface area contributed by atoms with Crippen LogP contribution in [0.3, 0.4) is 0 Å². The third-order valence-corrected chi connectivity index (χ3v) is 7.42. The van der Waals surface area contributed by atoms with Gasteiger partial charge in [-0.1, -0.05) is 34.1 Å². The molecule has 7 heteroatoms. The molecular weight excluding hydrogens is 440 g/mol. The molecule has 1 atom stereocenters. The number of anilines is 1. The fourth-order valence-electron chi connectivity index (χ4n) is 3.03. The molecular formula is C21H21BrN2O3S. The van der Waals surface area contributed by atoms with E-state index >= 15 is 0 Å². The van der Waals surface area contributed by atoms with E-state index in [4.69, 9.17) is 0 Å². The highest BCUT2D eigenvalue weighted by atomic mass is 79.9. The lowest BCUT2D eigenvalue weighted by Crippen LogP contribution is -2.30. The average molecular weight is 461 g/mol. The van der Waals surface area contributed by atoms with E-state index in [1.807, 2.05) is 19.1 Å². The first-order valence-electron chi connectivity index (χ1n) is 8.73. The second-order valence-electron chi connectivity index (χ2n) is 6.62. The summed E-state index contributed by atoms with van der Waals surface area (Å²) in [7, 11) is -2.14. The molecule has 1 aromatic heterocycles. The molecule has 0 aliphatic rings. The second kappa shape index (κ2) is 7.93. The lowest BCUT2D eigenvalue weighted by Gasteiger charge is -2.23. The van der Waals surface area contributed by atoms with E-state index in [2.05, 4.69) is 20.9 Å². The molecule has 3 aromatic rings. The summed E-state index contributed by atoms with van der Waals surface area (Å²) in [5.74, 6) is 0.360. The maximum atomic E-state index is 13.0. The predicted molar refractivity (Wildman–Crippen MR) is 115 cm³/mol. The van der Waals surface area contributed by atoms with Gasteiger partial charge in [-0.05, 0) is 61.4 Å². The van der Waals surface area contributed by atoms with Gasteiger partial charge in [0.1, 0.15) is 11.1 Å². The van der Waals surface area contributed by atoms with Gasteiger partial charge >= 0.3 is 0 Å². The molecule has 1 unspecified atom stereocenters. The van der Waals surface area contributed by atoms with Gasteiger partial charge in [-0.3, -0.25) is 9.10 Å². The number of ketones is 1. The zero-order valence-electron chi connectivity index (χ0n) is 15.8. The van der Waals surface area contributed by atoms with E-state index in [1.165, 1.54) is 11.4 Å². The molecule has 0 amide bonds. The Morgan fingerprint density at radius 1 is 1.11 bits per heavy atom. The lowest BCUT2D eigenvalue weighted by atomic mass is 9.97. The molecule has 0 bridgehead atoms. The highest BCUT2D eigenvalue weighted by Gasteiger charge is 2.28. The van der Waals surface area contributed by atoms with Crippen molar-refractivity contribution < 1.29 is 13.2 Å². The molecule has 0 spiro atoms. The summed E-state index contributed by atoms with van der Waals surface area (Å²) in [5, 5.41) is -0.806. The Morgan fingerprint density at radius 3 is 2.50 bits per heavy atom. The molecule has 0 saturated carbocycles. The van der Waals surface area contributed by atoms with Crippen LogP contribution in [0.25, 0.3) is 0 Å². The van der Waals surface area contributed by atoms with Gasteiger partial charge in [-0.2, -0.15) is 0 Å². The van der Waals surface area contributed by atoms with Gasteiger partial charge in [-0.15, -0.1) is 0 Å². The molecule has 1 N–H and O–H groups in total. The van der Waals surface area contributed by atoms with Crippen LogP contribution >= 0.6 is 15.9 Å². The van der Waals surface area contributed by atoms with E-state index in [0.29, 0.717) is 22.5 Å². The van der Waals surface area contributed by atoms with Crippen LogP contribution in [0.5, 0.6) is 0 Å². The fourth-order valence-corrected chi connectivity index (χ4v) is 4.86.